The topological polar surface area (TPSA) is 111 Å². The fourth-order valence-corrected chi connectivity index (χ4v) is 3.00. The molecule has 0 aromatic heterocycles. The van der Waals surface area contributed by atoms with Crippen molar-refractivity contribution in [1.82, 2.24) is 10.2 Å². The molecule has 0 radical (unpaired) electrons. The number of carbonyl (C=O) groups excluding carboxylic acids is 4. The van der Waals surface area contributed by atoms with Crippen LogP contribution in [0.4, 0.5) is 4.79 Å². The average molecular weight is 485 g/mol. The Kier molecular flexibility index (Phi) is 9.81. The Morgan fingerprint density at radius 2 is 1.60 bits per heavy atom. The molecule has 188 valence electrons. The maximum Gasteiger partial charge on any atom is 0.410 e. The van der Waals surface area contributed by atoms with E-state index in [2.05, 4.69) is 10.1 Å². The standard InChI is InChI=1S/C26H32N2O7/c1-26(2,3)35-25(32)28(4)15-23(30)27-21(16-29)14-18-8-12-22(13-9-18)34-17-19-6-10-20(11-7-19)24(31)33-5/h6-13,16,21H,14-15,17H2,1-5H3,(H,27,30)/t21-/m0/s1. The Bertz CT molecular complexity index is 1010. The first-order valence-electron chi connectivity index (χ1n) is 11.1. The van der Waals surface area contributed by atoms with Crippen LogP contribution < -0.4 is 10.1 Å². The zero-order valence-electron chi connectivity index (χ0n) is 20.7. The fourth-order valence-electron chi connectivity index (χ4n) is 3.00. The molecule has 0 spiro atoms. The van der Waals surface area contributed by atoms with Gasteiger partial charge in [-0.2, -0.15) is 0 Å². The van der Waals surface area contributed by atoms with Crippen LogP contribution in [0.1, 0.15) is 42.3 Å². The summed E-state index contributed by atoms with van der Waals surface area (Å²) in [5, 5.41) is 2.62. The third kappa shape index (κ3) is 9.48. The molecule has 1 N–H and O–H groups in total. The highest BCUT2D eigenvalue weighted by atomic mass is 16.6. The molecule has 35 heavy (non-hydrogen) atoms. The number of nitrogens with zero attached hydrogens (tertiary/aromatic N) is 1. The minimum Gasteiger partial charge on any atom is -0.489 e. The van der Waals surface area contributed by atoms with Crippen molar-refractivity contribution < 1.29 is 33.4 Å². The Morgan fingerprint density at radius 1 is 1.00 bits per heavy atom. The van der Waals surface area contributed by atoms with Crippen molar-refractivity contribution in [2.75, 3.05) is 20.7 Å². The number of rotatable bonds is 10. The van der Waals surface area contributed by atoms with Crippen LogP contribution in [0, 0.1) is 0 Å². The van der Waals surface area contributed by atoms with Crippen molar-refractivity contribution >= 4 is 24.3 Å². The number of hydrogen-bond donors (Lipinski definition) is 1. The monoisotopic (exact) mass is 484 g/mol. The largest absolute Gasteiger partial charge is 0.489 e. The van der Waals surface area contributed by atoms with Gasteiger partial charge < -0.3 is 29.2 Å². The number of methoxy groups -OCH3 is 1. The summed E-state index contributed by atoms with van der Waals surface area (Å²) in [5.41, 5.74) is 1.52. The predicted molar refractivity (Wildman–Crippen MR) is 129 cm³/mol. The number of amides is 2. The van der Waals surface area contributed by atoms with E-state index in [-0.39, 0.29) is 6.54 Å². The number of benzene rings is 2. The molecule has 1 atom stereocenters. The predicted octanol–water partition coefficient (Wildman–Crippen LogP) is 3.15. The number of carbonyl (C=O) groups is 4. The third-order valence-electron chi connectivity index (χ3n) is 4.76. The van der Waals surface area contributed by atoms with Crippen molar-refractivity contribution in [3.8, 4) is 5.75 Å². The third-order valence-corrected chi connectivity index (χ3v) is 4.76. The van der Waals surface area contributed by atoms with Crippen LogP contribution in [0.2, 0.25) is 0 Å². The van der Waals surface area contributed by atoms with Crippen LogP contribution in [0.15, 0.2) is 48.5 Å². The molecular formula is C26H32N2O7. The van der Waals surface area contributed by atoms with E-state index >= 15 is 0 Å². The van der Waals surface area contributed by atoms with E-state index in [4.69, 9.17) is 9.47 Å². The molecule has 0 heterocycles. The second-order valence-corrected chi connectivity index (χ2v) is 8.97. The summed E-state index contributed by atoms with van der Waals surface area (Å²) in [4.78, 5) is 48.4. The number of likely N-dealkylation sites (N-methyl/N-ethyl adjacent to an activating group) is 1. The van der Waals surface area contributed by atoms with Gasteiger partial charge in [0.2, 0.25) is 5.91 Å². The van der Waals surface area contributed by atoms with E-state index in [1.807, 2.05) is 12.1 Å². The minimum absolute atomic E-state index is 0.230. The molecular weight excluding hydrogens is 452 g/mol. The van der Waals surface area contributed by atoms with Crippen molar-refractivity contribution in [3.63, 3.8) is 0 Å². The molecule has 2 aromatic carbocycles. The maximum atomic E-state index is 12.3. The molecule has 9 heteroatoms. The highest BCUT2D eigenvalue weighted by Gasteiger charge is 2.22. The van der Waals surface area contributed by atoms with Gasteiger partial charge in [0.1, 0.15) is 30.8 Å². The maximum absolute atomic E-state index is 12.3. The van der Waals surface area contributed by atoms with Gasteiger partial charge in [-0.05, 0) is 62.6 Å². The summed E-state index contributed by atoms with van der Waals surface area (Å²) in [6.45, 7) is 5.30. The molecule has 0 fully saturated rings. The SMILES string of the molecule is COC(=O)c1ccc(COc2ccc(C[C@@H](C=O)NC(=O)CN(C)C(=O)OC(C)(C)C)cc2)cc1. The summed E-state index contributed by atoms with van der Waals surface area (Å²) in [5.74, 6) is -0.224. The highest BCUT2D eigenvalue weighted by molar-refractivity contribution is 5.89. The molecule has 0 aliphatic rings. The summed E-state index contributed by atoms with van der Waals surface area (Å²) >= 11 is 0. The van der Waals surface area contributed by atoms with Gasteiger partial charge in [-0.15, -0.1) is 0 Å². The van der Waals surface area contributed by atoms with Crippen molar-refractivity contribution in [2.45, 2.75) is 45.4 Å². The summed E-state index contributed by atoms with van der Waals surface area (Å²) in [6.07, 6.45) is 0.333. The van der Waals surface area contributed by atoms with E-state index in [1.165, 1.54) is 14.2 Å². The quantitative estimate of drug-likeness (QED) is 0.407. The molecule has 0 aliphatic carbocycles. The summed E-state index contributed by atoms with van der Waals surface area (Å²) in [7, 11) is 2.79. The van der Waals surface area contributed by atoms with E-state index in [0.29, 0.717) is 30.6 Å². The second-order valence-electron chi connectivity index (χ2n) is 8.97. The Balaban J connectivity index is 1.84. The van der Waals surface area contributed by atoms with E-state index in [1.54, 1.807) is 57.2 Å². The van der Waals surface area contributed by atoms with Gasteiger partial charge in [-0.3, -0.25) is 4.79 Å². The molecule has 0 saturated carbocycles. The lowest BCUT2D eigenvalue weighted by molar-refractivity contribution is -0.124. The number of esters is 1. The van der Waals surface area contributed by atoms with Crippen LogP contribution in [-0.2, 0) is 32.1 Å². The van der Waals surface area contributed by atoms with Crippen LogP contribution in [-0.4, -0.2) is 61.5 Å². The molecule has 0 bridgehead atoms. The van der Waals surface area contributed by atoms with Gasteiger partial charge in [0, 0.05) is 7.05 Å². The zero-order valence-corrected chi connectivity index (χ0v) is 20.7. The van der Waals surface area contributed by atoms with E-state index in [9.17, 15) is 19.2 Å². The first kappa shape index (κ1) is 27.4. The van der Waals surface area contributed by atoms with Gasteiger partial charge in [-0.25, -0.2) is 9.59 Å². The molecule has 0 aliphatic heterocycles. The van der Waals surface area contributed by atoms with Crippen molar-refractivity contribution in [3.05, 3.63) is 65.2 Å². The lowest BCUT2D eigenvalue weighted by Gasteiger charge is -2.24. The van der Waals surface area contributed by atoms with Gasteiger partial charge >= 0.3 is 12.1 Å². The normalized spacial score (nSPS) is 11.7. The minimum atomic E-state index is -0.741. The molecule has 9 nitrogen and oxygen atoms in total. The van der Waals surface area contributed by atoms with Crippen LogP contribution >= 0.6 is 0 Å². The van der Waals surface area contributed by atoms with Gasteiger partial charge in [0.25, 0.3) is 0 Å². The van der Waals surface area contributed by atoms with Crippen molar-refractivity contribution in [2.24, 2.45) is 0 Å². The number of aldehydes is 1. The van der Waals surface area contributed by atoms with Crippen LogP contribution in [0.25, 0.3) is 0 Å². The lowest BCUT2D eigenvalue weighted by Crippen LogP contribution is -2.45. The Labute approximate surface area is 205 Å². The average Bonchev–Trinajstić information content (AvgIpc) is 2.81. The van der Waals surface area contributed by atoms with E-state index in [0.717, 1.165) is 16.0 Å². The Morgan fingerprint density at radius 3 is 2.14 bits per heavy atom. The van der Waals surface area contributed by atoms with Crippen LogP contribution in [0.3, 0.4) is 0 Å². The second kappa shape index (κ2) is 12.5. The number of hydrogen-bond acceptors (Lipinski definition) is 7. The van der Waals surface area contributed by atoms with Gasteiger partial charge in [-0.1, -0.05) is 24.3 Å². The fraction of sp³-hybridized carbons (Fsp3) is 0.385. The number of nitrogens with one attached hydrogen (secondary N) is 1. The highest BCUT2D eigenvalue weighted by Crippen LogP contribution is 2.16. The van der Waals surface area contributed by atoms with Crippen molar-refractivity contribution in [1.29, 1.82) is 0 Å². The first-order valence-corrected chi connectivity index (χ1v) is 11.1. The molecule has 2 aromatic rings. The molecule has 0 unspecified atom stereocenters. The molecule has 0 saturated heterocycles. The van der Waals surface area contributed by atoms with Gasteiger partial charge in [0.05, 0.1) is 18.7 Å². The molecule has 2 amide bonds. The Hall–Kier alpha value is -3.88. The number of ether oxygens (including phenoxy) is 3. The van der Waals surface area contributed by atoms with E-state index < -0.39 is 29.6 Å². The van der Waals surface area contributed by atoms with Gasteiger partial charge in [0.15, 0.2) is 0 Å². The smallest absolute Gasteiger partial charge is 0.410 e. The first-order chi connectivity index (χ1) is 16.5. The zero-order chi connectivity index (χ0) is 26.0. The lowest BCUT2D eigenvalue weighted by atomic mass is 10.1. The van der Waals surface area contributed by atoms with Crippen LogP contribution in [0.5, 0.6) is 5.75 Å². The molecule has 2 rings (SSSR count). The summed E-state index contributed by atoms with van der Waals surface area (Å²) in [6, 6.07) is 13.4. The summed E-state index contributed by atoms with van der Waals surface area (Å²) < 4.78 is 15.7.